The number of carbonyl (C=O) groups excluding carboxylic acids is 1. The van der Waals surface area contributed by atoms with Gasteiger partial charge in [-0.1, -0.05) is 18.2 Å². The van der Waals surface area contributed by atoms with E-state index >= 15 is 0 Å². The third kappa shape index (κ3) is 3.96. The average molecular weight is 370 g/mol. The lowest BCUT2D eigenvalue weighted by molar-refractivity contribution is -0.146. The summed E-state index contributed by atoms with van der Waals surface area (Å²) in [4.78, 5) is 16.3. The Balaban J connectivity index is 1.49. The van der Waals surface area contributed by atoms with Crippen molar-refractivity contribution in [3.05, 3.63) is 59.9 Å². The van der Waals surface area contributed by atoms with E-state index in [0.29, 0.717) is 18.8 Å². The van der Waals surface area contributed by atoms with Crippen molar-refractivity contribution in [2.45, 2.75) is 25.0 Å². The summed E-state index contributed by atoms with van der Waals surface area (Å²) < 4.78 is 19.6. The molecule has 0 aliphatic carbocycles. The molecule has 1 amide bonds. The van der Waals surface area contributed by atoms with Crippen LogP contribution in [0.25, 0.3) is 0 Å². The summed E-state index contributed by atoms with van der Waals surface area (Å²) in [5.74, 6) is -0.228. The summed E-state index contributed by atoms with van der Waals surface area (Å²) in [6.07, 6.45) is 1.85. The number of phenols is 1. The number of rotatable bonds is 3. The van der Waals surface area contributed by atoms with Crippen LogP contribution in [0.2, 0.25) is 0 Å². The number of halogens is 1. The fraction of sp³-hybridized carbons (Fsp3) is 0.381. The van der Waals surface area contributed by atoms with Crippen LogP contribution in [0.5, 0.6) is 5.75 Å². The van der Waals surface area contributed by atoms with E-state index in [-0.39, 0.29) is 24.1 Å². The second kappa shape index (κ2) is 7.29. The Morgan fingerprint density at radius 2 is 1.96 bits per heavy atom. The highest BCUT2D eigenvalue weighted by atomic mass is 19.1. The molecular formula is C21H23FN2O3. The van der Waals surface area contributed by atoms with E-state index in [0.717, 1.165) is 31.5 Å². The number of carbonyl (C=O) groups is 1. The van der Waals surface area contributed by atoms with E-state index in [1.165, 1.54) is 12.1 Å². The lowest BCUT2D eigenvalue weighted by Gasteiger charge is -2.47. The number of hydrogen-bond acceptors (Lipinski definition) is 4. The molecule has 0 bridgehead atoms. The summed E-state index contributed by atoms with van der Waals surface area (Å²) in [5, 5.41) is 9.45. The predicted octanol–water partition coefficient (Wildman–Crippen LogP) is 2.93. The van der Waals surface area contributed by atoms with Crippen LogP contribution in [-0.4, -0.2) is 47.8 Å². The van der Waals surface area contributed by atoms with E-state index in [4.69, 9.17) is 4.74 Å². The molecule has 0 aromatic heterocycles. The quantitative estimate of drug-likeness (QED) is 0.903. The first-order chi connectivity index (χ1) is 13.0. The minimum absolute atomic E-state index is 0.0174. The maximum absolute atomic E-state index is 13.6. The fourth-order valence-corrected chi connectivity index (χ4v) is 4.03. The number of anilines is 1. The number of aromatic hydroxyl groups is 1. The molecule has 1 N–H and O–H groups in total. The number of piperidine rings is 1. The van der Waals surface area contributed by atoms with Gasteiger partial charge in [-0.25, -0.2) is 4.39 Å². The van der Waals surface area contributed by atoms with Crippen molar-refractivity contribution in [1.82, 2.24) is 4.90 Å². The van der Waals surface area contributed by atoms with Crippen LogP contribution in [0.3, 0.4) is 0 Å². The zero-order chi connectivity index (χ0) is 18.9. The molecule has 2 aliphatic heterocycles. The van der Waals surface area contributed by atoms with Crippen LogP contribution in [0.15, 0.2) is 48.5 Å². The molecule has 2 aliphatic rings. The van der Waals surface area contributed by atoms with Gasteiger partial charge < -0.3 is 14.7 Å². The highest BCUT2D eigenvalue weighted by molar-refractivity contribution is 5.95. The molecule has 2 saturated heterocycles. The van der Waals surface area contributed by atoms with Crippen LogP contribution in [0, 0.1) is 5.82 Å². The Morgan fingerprint density at radius 1 is 1.15 bits per heavy atom. The fourth-order valence-electron chi connectivity index (χ4n) is 4.03. The van der Waals surface area contributed by atoms with Crippen molar-refractivity contribution in [3.8, 4) is 5.75 Å². The molecule has 27 heavy (non-hydrogen) atoms. The van der Waals surface area contributed by atoms with Crippen LogP contribution in [0.1, 0.15) is 18.4 Å². The highest BCUT2D eigenvalue weighted by Gasteiger charge is 2.43. The van der Waals surface area contributed by atoms with Gasteiger partial charge in [0.2, 0.25) is 0 Å². The number of phenolic OH excluding ortho intramolecular Hbond substituents is 1. The SMILES string of the molecule is O=C1COC2(CCCN(Cc3ccc(O)cc3)C2)CN1c1cccc(F)c1. The number of morpholine rings is 1. The molecule has 2 fully saturated rings. The number of amides is 1. The van der Waals surface area contributed by atoms with E-state index in [9.17, 15) is 14.3 Å². The van der Waals surface area contributed by atoms with Gasteiger partial charge in [0, 0.05) is 18.8 Å². The average Bonchev–Trinajstić information content (AvgIpc) is 2.66. The number of ether oxygens (including phenoxy) is 1. The number of hydrogen-bond donors (Lipinski definition) is 1. The molecule has 1 atom stereocenters. The Hall–Kier alpha value is -2.44. The number of nitrogens with zero attached hydrogens (tertiary/aromatic N) is 2. The first kappa shape index (κ1) is 17.9. The third-order valence-corrected chi connectivity index (χ3v) is 5.33. The molecular weight excluding hydrogens is 347 g/mol. The molecule has 142 valence electrons. The van der Waals surface area contributed by atoms with Crippen LogP contribution in [0.4, 0.5) is 10.1 Å². The lowest BCUT2D eigenvalue weighted by Crippen LogP contribution is -2.61. The summed E-state index contributed by atoms with van der Waals surface area (Å²) in [6, 6.07) is 13.4. The van der Waals surface area contributed by atoms with E-state index in [1.54, 1.807) is 29.2 Å². The van der Waals surface area contributed by atoms with Crippen LogP contribution in [-0.2, 0) is 16.1 Å². The summed E-state index contributed by atoms with van der Waals surface area (Å²) in [5.41, 5.74) is 1.27. The minimum atomic E-state index is -0.435. The van der Waals surface area contributed by atoms with Gasteiger partial charge >= 0.3 is 0 Å². The van der Waals surface area contributed by atoms with Gasteiger partial charge in [0.1, 0.15) is 18.2 Å². The van der Waals surface area contributed by atoms with Crippen molar-refractivity contribution >= 4 is 11.6 Å². The van der Waals surface area contributed by atoms with Crippen molar-refractivity contribution < 1.29 is 19.0 Å². The lowest BCUT2D eigenvalue weighted by atomic mass is 9.90. The number of likely N-dealkylation sites (tertiary alicyclic amines) is 1. The van der Waals surface area contributed by atoms with Crippen molar-refractivity contribution in [1.29, 1.82) is 0 Å². The number of benzene rings is 2. The Labute approximate surface area is 158 Å². The molecule has 1 spiro atoms. The molecule has 5 nitrogen and oxygen atoms in total. The van der Waals surface area contributed by atoms with Gasteiger partial charge in [0.05, 0.1) is 12.1 Å². The second-order valence-electron chi connectivity index (χ2n) is 7.41. The van der Waals surface area contributed by atoms with Gasteiger partial charge in [-0.05, 0) is 55.3 Å². The Morgan fingerprint density at radius 3 is 2.74 bits per heavy atom. The van der Waals surface area contributed by atoms with Crippen LogP contribution < -0.4 is 4.90 Å². The smallest absolute Gasteiger partial charge is 0.253 e. The van der Waals surface area contributed by atoms with Gasteiger partial charge in [0.25, 0.3) is 5.91 Å². The first-order valence-corrected chi connectivity index (χ1v) is 9.23. The van der Waals surface area contributed by atoms with Gasteiger partial charge in [0.15, 0.2) is 0 Å². The zero-order valence-corrected chi connectivity index (χ0v) is 15.1. The highest BCUT2D eigenvalue weighted by Crippen LogP contribution is 2.32. The van der Waals surface area contributed by atoms with E-state index < -0.39 is 5.60 Å². The molecule has 2 aromatic rings. The van der Waals surface area contributed by atoms with E-state index in [2.05, 4.69) is 4.90 Å². The Bertz CT molecular complexity index is 826. The molecule has 0 saturated carbocycles. The van der Waals surface area contributed by atoms with Crippen molar-refractivity contribution in [3.63, 3.8) is 0 Å². The predicted molar refractivity (Wildman–Crippen MR) is 100 cm³/mol. The van der Waals surface area contributed by atoms with Crippen LogP contribution >= 0.6 is 0 Å². The normalized spacial score (nSPS) is 23.7. The molecule has 6 heteroatoms. The molecule has 4 rings (SSSR count). The topological polar surface area (TPSA) is 53.0 Å². The first-order valence-electron chi connectivity index (χ1n) is 9.23. The summed E-state index contributed by atoms with van der Waals surface area (Å²) >= 11 is 0. The van der Waals surface area contributed by atoms with Crippen molar-refractivity contribution in [2.24, 2.45) is 0 Å². The standard InChI is InChI=1S/C21H23FN2O3/c22-17-3-1-4-18(11-17)24-15-21(27-13-20(24)26)9-2-10-23(14-21)12-16-5-7-19(25)8-6-16/h1,3-8,11,25H,2,9-10,12-15H2. The summed E-state index contributed by atoms with van der Waals surface area (Å²) in [7, 11) is 0. The maximum atomic E-state index is 13.6. The van der Waals surface area contributed by atoms with E-state index in [1.807, 2.05) is 12.1 Å². The Kier molecular flexibility index (Phi) is 4.85. The monoisotopic (exact) mass is 370 g/mol. The largest absolute Gasteiger partial charge is 0.508 e. The zero-order valence-electron chi connectivity index (χ0n) is 15.1. The summed E-state index contributed by atoms with van der Waals surface area (Å²) in [6.45, 7) is 2.89. The molecule has 2 aromatic carbocycles. The second-order valence-corrected chi connectivity index (χ2v) is 7.41. The van der Waals surface area contributed by atoms with Gasteiger partial charge in [-0.15, -0.1) is 0 Å². The van der Waals surface area contributed by atoms with Crippen molar-refractivity contribution in [2.75, 3.05) is 31.1 Å². The van der Waals surface area contributed by atoms with Gasteiger partial charge in [-0.3, -0.25) is 9.69 Å². The minimum Gasteiger partial charge on any atom is -0.508 e. The molecule has 1 unspecified atom stereocenters. The molecule has 2 heterocycles. The van der Waals surface area contributed by atoms with Gasteiger partial charge in [-0.2, -0.15) is 0 Å². The molecule has 0 radical (unpaired) electrons. The third-order valence-electron chi connectivity index (χ3n) is 5.33. The maximum Gasteiger partial charge on any atom is 0.253 e.